The van der Waals surface area contributed by atoms with Crippen molar-refractivity contribution in [3.63, 3.8) is 0 Å². The molecule has 0 saturated heterocycles. The fourth-order valence-electron chi connectivity index (χ4n) is 1.22. The van der Waals surface area contributed by atoms with Gasteiger partial charge in [0.05, 0.1) is 12.2 Å². The number of nitrogens with one attached hydrogen (secondary N) is 1. The highest BCUT2D eigenvalue weighted by Crippen LogP contribution is 2.24. The summed E-state index contributed by atoms with van der Waals surface area (Å²) in [6.45, 7) is 3.12. The largest absolute Gasteiger partial charge is 0.334 e. The van der Waals surface area contributed by atoms with Crippen LogP contribution in [0.25, 0.3) is 0 Å². The Bertz CT molecular complexity index is 365. The van der Waals surface area contributed by atoms with E-state index < -0.39 is 0 Å². The van der Waals surface area contributed by atoms with Gasteiger partial charge in [0.25, 0.3) is 0 Å². The molecule has 1 atom stereocenters. The molecule has 74 valence electrons. The zero-order valence-electron chi connectivity index (χ0n) is 7.83. The number of para-hydroxylation sites is 1. The van der Waals surface area contributed by atoms with Crippen molar-refractivity contribution < 1.29 is 0 Å². The lowest BCUT2D eigenvalue weighted by atomic mass is 10.3. The monoisotopic (exact) mass is 318 g/mol. The Morgan fingerprint density at radius 1 is 1.50 bits per heavy atom. The van der Waals surface area contributed by atoms with Crippen molar-refractivity contribution in [2.75, 3.05) is 11.9 Å². The van der Waals surface area contributed by atoms with Gasteiger partial charge in [-0.05, 0) is 34.7 Å². The average Bonchev–Trinajstić information content (AvgIpc) is 2.56. The molecule has 0 radical (unpaired) electrons. The molecule has 14 heavy (non-hydrogen) atoms. The normalized spacial score (nSPS) is 20.7. The van der Waals surface area contributed by atoms with Crippen LogP contribution in [0.2, 0.25) is 0 Å². The van der Waals surface area contributed by atoms with Gasteiger partial charge >= 0.3 is 0 Å². The molecular formula is C10H11IN2S. The van der Waals surface area contributed by atoms with Gasteiger partial charge in [0.2, 0.25) is 0 Å². The lowest BCUT2D eigenvalue weighted by Crippen LogP contribution is -2.06. The summed E-state index contributed by atoms with van der Waals surface area (Å²) in [5.74, 6) is 0. The third-order valence-electron chi connectivity index (χ3n) is 1.92. The van der Waals surface area contributed by atoms with Crippen molar-refractivity contribution in [1.82, 2.24) is 0 Å². The van der Waals surface area contributed by atoms with Crippen LogP contribution in [0.3, 0.4) is 0 Å². The van der Waals surface area contributed by atoms with E-state index in [0.717, 1.165) is 17.4 Å². The van der Waals surface area contributed by atoms with Crippen molar-refractivity contribution in [2.24, 2.45) is 4.99 Å². The smallest absolute Gasteiger partial charge is 0.161 e. The standard InChI is InChI=1S/C10H11IN2S/c1-7-6-12-10(14-7)13-9-5-3-2-4-8(9)11/h2-5,7H,6H2,1H3,(H,12,13). The number of benzene rings is 1. The van der Waals surface area contributed by atoms with Crippen molar-refractivity contribution >= 4 is 45.2 Å². The molecule has 0 aromatic heterocycles. The predicted octanol–water partition coefficient (Wildman–Crippen LogP) is 3.19. The summed E-state index contributed by atoms with van der Waals surface area (Å²) in [4.78, 5) is 4.42. The van der Waals surface area contributed by atoms with Crippen LogP contribution in [0.5, 0.6) is 0 Å². The molecule has 0 saturated carbocycles. The number of thioether (sulfide) groups is 1. The zero-order valence-corrected chi connectivity index (χ0v) is 10.8. The van der Waals surface area contributed by atoms with Crippen molar-refractivity contribution in [1.29, 1.82) is 0 Å². The second kappa shape index (κ2) is 4.53. The van der Waals surface area contributed by atoms with Crippen molar-refractivity contribution in [3.8, 4) is 0 Å². The number of hydrogen-bond acceptors (Lipinski definition) is 3. The molecule has 1 aromatic carbocycles. The minimum absolute atomic E-state index is 0.610. The molecule has 0 spiro atoms. The molecule has 0 amide bonds. The van der Waals surface area contributed by atoms with Crippen LogP contribution in [0, 0.1) is 3.57 Å². The molecule has 4 heteroatoms. The second-order valence-electron chi connectivity index (χ2n) is 3.18. The highest BCUT2D eigenvalue weighted by molar-refractivity contribution is 14.1. The lowest BCUT2D eigenvalue weighted by molar-refractivity contribution is 0.976. The number of anilines is 1. The molecular weight excluding hydrogens is 307 g/mol. The van der Waals surface area contributed by atoms with Gasteiger partial charge in [0.15, 0.2) is 5.17 Å². The van der Waals surface area contributed by atoms with Crippen molar-refractivity contribution in [2.45, 2.75) is 12.2 Å². The summed E-state index contributed by atoms with van der Waals surface area (Å²) in [6.07, 6.45) is 0. The van der Waals surface area contributed by atoms with Gasteiger partial charge in [0, 0.05) is 8.82 Å². The SMILES string of the molecule is CC1CN=C(Nc2ccccc2I)S1. The van der Waals surface area contributed by atoms with Gasteiger partial charge in [0.1, 0.15) is 0 Å². The fraction of sp³-hybridized carbons (Fsp3) is 0.300. The first-order valence-corrected chi connectivity index (χ1v) is 6.44. The molecule has 1 aliphatic rings. The highest BCUT2D eigenvalue weighted by Gasteiger charge is 2.15. The summed E-state index contributed by atoms with van der Waals surface area (Å²) >= 11 is 4.13. The summed E-state index contributed by atoms with van der Waals surface area (Å²) < 4.78 is 1.23. The average molecular weight is 318 g/mol. The number of aliphatic imine (C=N–C) groups is 1. The van der Waals surface area contributed by atoms with Crippen LogP contribution in [0.15, 0.2) is 29.3 Å². The molecule has 0 fully saturated rings. The van der Waals surface area contributed by atoms with E-state index in [1.54, 1.807) is 11.8 Å². The molecule has 0 aliphatic carbocycles. The Morgan fingerprint density at radius 2 is 2.29 bits per heavy atom. The van der Waals surface area contributed by atoms with E-state index in [0.29, 0.717) is 5.25 Å². The van der Waals surface area contributed by atoms with E-state index in [-0.39, 0.29) is 0 Å². The second-order valence-corrected chi connectivity index (χ2v) is 5.77. The number of nitrogens with zero attached hydrogens (tertiary/aromatic N) is 1. The quantitative estimate of drug-likeness (QED) is 0.804. The maximum Gasteiger partial charge on any atom is 0.161 e. The minimum atomic E-state index is 0.610. The summed E-state index contributed by atoms with van der Waals surface area (Å²) in [5, 5.41) is 5.00. The fourth-order valence-corrected chi connectivity index (χ4v) is 2.59. The van der Waals surface area contributed by atoms with E-state index in [1.807, 2.05) is 12.1 Å². The lowest BCUT2D eigenvalue weighted by Gasteiger charge is -2.07. The Hall–Kier alpha value is -0.230. The Balaban J connectivity index is 2.08. The van der Waals surface area contributed by atoms with E-state index in [9.17, 15) is 0 Å². The molecule has 1 unspecified atom stereocenters. The van der Waals surface area contributed by atoms with Crippen LogP contribution in [0.1, 0.15) is 6.92 Å². The van der Waals surface area contributed by atoms with Crippen LogP contribution in [-0.2, 0) is 0 Å². The number of halogens is 1. The Labute approximate surface area is 102 Å². The Kier molecular flexibility index (Phi) is 3.33. The van der Waals surface area contributed by atoms with Gasteiger partial charge < -0.3 is 5.32 Å². The van der Waals surface area contributed by atoms with Gasteiger partial charge in [-0.15, -0.1) is 0 Å². The molecule has 1 aromatic rings. The van der Waals surface area contributed by atoms with Crippen molar-refractivity contribution in [3.05, 3.63) is 27.8 Å². The number of rotatable bonds is 1. The van der Waals surface area contributed by atoms with Crippen LogP contribution in [0.4, 0.5) is 5.69 Å². The molecule has 2 nitrogen and oxygen atoms in total. The minimum Gasteiger partial charge on any atom is -0.334 e. The molecule has 1 N–H and O–H groups in total. The third kappa shape index (κ3) is 2.42. The maximum absolute atomic E-state index is 4.42. The summed E-state index contributed by atoms with van der Waals surface area (Å²) in [7, 11) is 0. The molecule has 1 aliphatic heterocycles. The summed E-state index contributed by atoms with van der Waals surface area (Å²) in [5.41, 5.74) is 1.15. The number of amidine groups is 1. The van der Waals surface area contributed by atoms with E-state index >= 15 is 0 Å². The maximum atomic E-state index is 4.42. The van der Waals surface area contributed by atoms with Crippen LogP contribution < -0.4 is 5.32 Å². The van der Waals surface area contributed by atoms with E-state index in [4.69, 9.17) is 0 Å². The van der Waals surface area contributed by atoms with E-state index in [2.05, 4.69) is 52.0 Å². The first-order chi connectivity index (χ1) is 6.75. The van der Waals surface area contributed by atoms with Gasteiger partial charge in [-0.3, -0.25) is 4.99 Å². The summed E-state index contributed by atoms with van der Waals surface area (Å²) in [6, 6.07) is 8.24. The first kappa shape index (κ1) is 10.3. The van der Waals surface area contributed by atoms with Gasteiger partial charge in [-0.25, -0.2) is 0 Å². The van der Waals surface area contributed by atoms with E-state index in [1.165, 1.54) is 3.57 Å². The van der Waals surface area contributed by atoms with Crippen LogP contribution >= 0.6 is 34.4 Å². The topological polar surface area (TPSA) is 24.4 Å². The molecule has 1 heterocycles. The van der Waals surface area contributed by atoms with Gasteiger partial charge in [-0.1, -0.05) is 30.8 Å². The van der Waals surface area contributed by atoms with Gasteiger partial charge in [-0.2, -0.15) is 0 Å². The molecule has 2 rings (SSSR count). The Morgan fingerprint density at radius 3 is 2.93 bits per heavy atom. The van der Waals surface area contributed by atoms with Crippen LogP contribution in [-0.4, -0.2) is 17.0 Å². The molecule has 0 bridgehead atoms. The first-order valence-electron chi connectivity index (χ1n) is 4.48. The third-order valence-corrected chi connectivity index (χ3v) is 3.87. The highest BCUT2D eigenvalue weighted by atomic mass is 127. The zero-order chi connectivity index (χ0) is 9.97. The number of hydrogen-bond donors (Lipinski definition) is 1. The predicted molar refractivity (Wildman–Crippen MR) is 72.1 cm³/mol.